The molecule has 1 aliphatic rings. The Hall–Kier alpha value is -2.60. The SMILES string of the molecule is Cc1ccccc1.N#Cc1ccc2c(c1)COC2=O. The molecule has 3 rings (SSSR count). The van der Waals surface area contributed by atoms with Gasteiger partial charge in [-0.05, 0) is 25.1 Å². The molecule has 0 unspecified atom stereocenters. The summed E-state index contributed by atoms with van der Waals surface area (Å²) in [6, 6.07) is 17.2. The van der Waals surface area contributed by atoms with Crippen LogP contribution in [0.5, 0.6) is 0 Å². The van der Waals surface area contributed by atoms with Crippen LogP contribution in [0, 0.1) is 18.3 Å². The second-order valence-electron chi connectivity index (χ2n) is 4.21. The minimum absolute atomic E-state index is 0.295. The van der Waals surface area contributed by atoms with E-state index in [2.05, 4.69) is 19.1 Å². The highest BCUT2D eigenvalue weighted by Gasteiger charge is 2.20. The molecule has 2 aromatic carbocycles. The Morgan fingerprint density at radius 2 is 1.89 bits per heavy atom. The highest BCUT2D eigenvalue weighted by molar-refractivity contribution is 5.93. The van der Waals surface area contributed by atoms with E-state index in [1.165, 1.54) is 5.56 Å². The van der Waals surface area contributed by atoms with E-state index >= 15 is 0 Å². The molecular weight excluding hydrogens is 238 g/mol. The lowest BCUT2D eigenvalue weighted by molar-refractivity contribution is 0.0535. The third-order valence-electron chi connectivity index (χ3n) is 2.75. The summed E-state index contributed by atoms with van der Waals surface area (Å²) in [6.07, 6.45) is 0. The maximum Gasteiger partial charge on any atom is 0.338 e. The number of nitriles is 1. The molecule has 1 aliphatic heterocycles. The number of benzene rings is 2. The lowest BCUT2D eigenvalue weighted by atomic mass is 10.1. The molecule has 0 saturated heterocycles. The van der Waals surface area contributed by atoms with Crippen LogP contribution in [0.15, 0.2) is 48.5 Å². The maximum atomic E-state index is 11.0. The third-order valence-corrected chi connectivity index (χ3v) is 2.75. The highest BCUT2D eigenvalue weighted by Crippen LogP contribution is 2.20. The van der Waals surface area contributed by atoms with Crippen LogP contribution in [0.25, 0.3) is 0 Å². The summed E-state index contributed by atoms with van der Waals surface area (Å²) in [6.45, 7) is 2.38. The van der Waals surface area contributed by atoms with Crippen molar-refractivity contribution >= 4 is 5.97 Å². The summed E-state index contributed by atoms with van der Waals surface area (Å²) in [5.74, 6) is -0.297. The summed E-state index contributed by atoms with van der Waals surface area (Å²) in [5, 5.41) is 8.56. The molecule has 3 heteroatoms. The van der Waals surface area contributed by atoms with Gasteiger partial charge in [0.1, 0.15) is 6.61 Å². The van der Waals surface area contributed by atoms with Crippen LogP contribution in [-0.2, 0) is 11.3 Å². The summed E-state index contributed by atoms with van der Waals surface area (Å²) < 4.78 is 4.77. The van der Waals surface area contributed by atoms with Crippen molar-refractivity contribution in [1.29, 1.82) is 5.26 Å². The quantitative estimate of drug-likeness (QED) is 0.675. The van der Waals surface area contributed by atoms with Crippen molar-refractivity contribution in [2.24, 2.45) is 0 Å². The molecular formula is C16H13NO2. The van der Waals surface area contributed by atoms with Crippen molar-refractivity contribution in [1.82, 2.24) is 0 Å². The predicted octanol–water partition coefficient (Wildman–Crippen LogP) is 3.22. The van der Waals surface area contributed by atoms with Crippen molar-refractivity contribution in [2.45, 2.75) is 13.5 Å². The van der Waals surface area contributed by atoms with Crippen LogP contribution < -0.4 is 0 Å². The molecule has 0 aliphatic carbocycles. The molecule has 0 aromatic heterocycles. The average molecular weight is 251 g/mol. The number of ether oxygens (including phenoxy) is 1. The lowest BCUT2D eigenvalue weighted by Gasteiger charge is -1.92. The summed E-state index contributed by atoms with van der Waals surface area (Å²) in [5.41, 5.74) is 3.27. The fraction of sp³-hybridized carbons (Fsp3) is 0.125. The number of aryl methyl sites for hydroxylation is 1. The molecule has 0 radical (unpaired) electrons. The van der Waals surface area contributed by atoms with E-state index in [-0.39, 0.29) is 5.97 Å². The molecule has 0 N–H and O–H groups in total. The first-order chi connectivity index (χ1) is 9.20. The second-order valence-corrected chi connectivity index (χ2v) is 4.21. The van der Waals surface area contributed by atoms with Gasteiger partial charge in [0.2, 0.25) is 0 Å². The minimum Gasteiger partial charge on any atom is -0.457 e. The van der Waals surface area contributed by atoms with Crippen molar-refractivity contribution in [3.63, 3.8) is 0 Å². The van der Waals surface area contributed by atoms with Crippen LogP contribution in [0.3, 0.4) is 0 Å². The normalized spacial score (nSPS) is 11.7. The van der Waals surface area contributed by atoms with Gasteiger partial charge in [-0.3, -0.25) is 0 Å². The van der Waals surface area contributed by atoms with E-state index in [1.807, 2.05) is 24.3 Å². The molecule has 2 aromatic rings. The van der Waals surface area contributed by atoms with Gasteiger partial charge in [0.05, 0.1) is 17.2 Å². The Morgan fingerprint density at radius 3 is 2.47 bits per heavy atom. The van der Waals surface area contributed by atoms with Crippen LogP contribution in [0.1, 0.15) is 27.0 Å². The summed E-state index contributed by atoms with van der Waals surface area (Å²) in [7, 11) is 0. The molecule has 19 heavy (non-hydrogen) atoms. The number of hydrogen-bond donors (Lipinski definition) is 0. The molecule has 0 atom stereocenters. The molecule has 94 valence electrons. The summed E-state index contributed by atoms with van der Waals surface area (Å²) >= 11 is 0. The number of carbonyl (C=O) groups excluding carboxylic acids is 1. The Kier molecular flexibility index (Phi) is 3.94. The fourth-order valence-electron chi connectivity index (χ4n) is 1.74. The van der Waals surface area contributed by atoms with Gasteiger partial charge in [-0.1, -0.05) is 35.9 Å². The van der Waals surface area contributed by atoms with Crippen molar-refractivity contribution in [3.8, 4) is 6.07 Å². The number of cyclic esters (lactones) is 1. The fourth-order valence-corrected chi connectivity index (χ4v) is 1.74. The zero-order valence-corrected chi connectivity index (χ0v) is 10.6. The first-order valence-corrected chi connectivity index (χ1v) is 5.92. The van der Waals surface area contributed by atoms with Gasteiger partial charge >= 0.3 is 5.97 Å². The Bertz CT molecular complexity index is 627. The Balaban J connectivity index is 0.000000163. The number of nitrogens with zero attached hydrogens (tertiary/aromatic N) is 1. The predicted molar refractivity (Wildman–Crippen MR) is 71.5 cm³/mol. The zero-order valence-electron chi connectivity index (χ0n) is 10.6. The van der Waals surface area contributed by atoms with Crippen LogP contribution >= 0.6 is 0 Å². The van der Waals surface area contributed by atoms with Gasteiger partial charge in [0, 0.05) is 5.56 Å². The maximum absolute atomic E-state index is 11.0. The van der Waals surface area contributed by atoms with Gasteiger partial charge < -0.3 is 4.74 Å². The first-order valence-electron chi connectivity index (χ1n) is 5.92. The molecule has 3 nitrogen and oxygen atoms in total. The smallest absolute Gasteiger partial charge is 0.338 e. The van der Waals surface area contributed by atoms with Crippen LogP contribution in [-0.4, -0.2) is 5.97 Å². The first kappa shape index (κ1) is 12.8. The number of hydrogen-bond acceptors (Lipinski definition) is 3. The Labute approximate surface area is 112 Å². The Morgan fingerprint density at radius 1 is 1.16 bits per heavy atom. The lowest BCUT2D eigenvalue weighted by Crippen LogP contribution is -1.92. The van der Waals surface area contributed by atoms with Gasteiger partial charge in [0.25, 0.3) is 0 Å². The van der Waals surface area contributed by atoms with Crippen molar-refractivity contribution in [3.05, 3.63) is 70.8 Å². The van der Waals surface area contributed by atoms with Gasteiger partial charge in [-0.25, -0.2) is 4.79 Å². The van der Waals surface area contributed by atoms with Crippen LogP contribution in [0.4, 0.5) is 0 Å². The van der Waals surface area contributed by atoms with E-state index in [0.29, 0.717) is 17.7 Å². The topological polar surface area (TPSA) is 50.1 Å². The number of carbonyl (C=O) groups is 1. The highest BCUT2D eigenvalue weighted by atomic mass is 16.5. The van der Waals surface area contributed by atoms with Crippen molar-refractivity contribution in [2.75, 3.05) is 0 Å². The molecule has 0 amide bonds. The van der Waals surface area contributed by atoms with E-state index in [1.54, 1.807) is 18.2 Å². The number of esters is 1. The van der Waals surface area contributed by atoms with E-state index in [4.69, 9.17) is 10.00 Å². The molecule has 0 fully saturated rings. The number of fused-ring (bicyclic) bond motifs is 1. The molecule has 0 saturated carbocycles. The second kappa shape index (κ2) is 5.83. The van der Waals surface area contributed by atoms with E-state index in [9.17, 15) is 4.79 Å². The monoisotopic (exact) mass is 251 g/mol. The van der Waals surface area contributed by atoms with Gasteiger partial charge in [-0.2, -0.15) is 5.26 Å². The van der Waals surface area contributed by atoms with Gasteiger partial charge in [-0.15, -0.1) is 0 Å². The largest absolute Gasteiger partial charge is 0.457 e. The summed E-state index contributed by atoms with van der Waals surface area (Å²) in [4.78, 5) is 11.0. The minimum atomic E-state index is -0.297. The molecule has 0 bridgehead atoms. The zero-order chi connectivity index (χ0) is 13.7. The van der Waals surface area contributed by atoms with Crippen LogP contribution in [0.2, 0.25) is 0 Å². The standard InChI is InChI=1S/C9H5NO2.C7H8/c10-4-6-1-2-8-7(3-6)5-12-9(8)11;1-7-5-3-2-4-6-7/h1-3H,5H2;2-6H,1H3. The van der Waals surface area contributed by atoms with Gasteiger partial charge in [0.15, 0.2) is 0 Å². The average Bonchev–Trinajstić information content (AvgIpc) is 2.81. The molecule has 0 spiro atoms. The van der Waals surface area contributed by atoms with E-state index < -0.39 is 0 Å². The van der Waals surface area contributed by atoms with E-state index in [0.717, 1.165) is 5.56 Å². The number of rotatable bonds is 0. The third kappa shape index (κ3) is 3.20. The van der Waals surface area contributed by atoms with Crippen molar-refractivity contribution < 1.29 is 9.53 Å². The molecule has 1 heterocycles.